The van der Waals surface area contributed by atoms with Gasteiger partial charge in [-0.25, -0.2) is 4.98 Å². The van der Waals surface area contributed by atoms with Gasteiger partial charge in [-0.1, -0.05) is 30.3 Å². The largest absolute Gasteiger partial charge is 0.506 e. The Morgan fingerprint density at radius 1 is 1.30 bits per heavy atom. The van der Waals surface area contributed by atoms with Crippen LogP contribution in [-0.4, -0.2) is 26.5 Å². The van der Waals surface area contributed by atoms with E-state index in [-0.39, 0.29) is 11.3 Å². The van der Waals surface area contributed by atoms with Crippen molar-refractivity contribution in [2.45, 2.75) is 42.6 Å². The van der Waals surface area contributed by atoms with E-state index in [9.17, 15) is 9.90 Å². The van der Waals surface area contributed by atoms with Crippen LogP contribution in [-0.2, 0) is 13.0 Å². The van der Waals surface area contributed by atoms with Crippen LogP contribution in [0.1, 0.15) is 30.5 Å². The first kappa shape index (κ1) is 14.8. The van der Waals surface area contributed by atoms with Crippen LogP contribution in [0.3, 0.4) is 0 Å². The van der Waals surface area contributed by atoms with Crippen molar-refractivity contribution >= 4 is 11.8 Å². The number of aromatic hydroxyl groups is 1. The van der Waals surface area contributed by atoms with E-state index in [1.807, 2.05) is 6.07 Å². The summed E-state index contributed by atoms with van der Waals surface area (Å²) in [5.41, 5.74) is 2.07. The van der Waals surface area contributed by atoms with E-state index in [0.717, 1.165) is 24.2 Å². The molecule has 1 aromatic carbocycles. The lowest BCUT2D eigenvalue weighted by molar-refractivity contribution is 0.468. The molecule has 1 aromatic heterocycles. The summed E-state index contributed by atoms with van der Waals surface area (Å²) < 4.78 is 1.59. The fourth-order valence-electron chi connectivity index (χ4n) is 2.97. The van der Waals surface area contributed by atoms with Gasteiger partial charge in [-0.05, 0) is 25.0 Å². The highest BCUT2D eigenvalue weighted by atomic mass is 32.2. The van der Waals surface area contributed by atoms with Gasteiger partial charge in [0.2, 0.25) is 0 Å². The van der Waals surface area contributed by atoms with Crippen molar-refractivity contribution in [2.75, 3.05) is 6.54 Å². The molecule has 2 aliphatic rings. The molecule has 5 nitrogen and oxygen atoms in total. The van der Waals surface area contributed by atoms with Gasteiger partial charge in [0.15, 0.2) is 5.16 Å². The van der Waals surface area contributed by atoms with E-state index in [2.05, 4.69) is 5.32 Å². The zero-order chi connectivity index (χ0) is 15.8. The third kappa shape index (κ3) is 2.66. The molecule has 1 saturated carbocycles. The molecule has 6 heteroatoms. The summed E-state index contributed by atoms with van der Waals surface area (Å²) in [6, 6.07) is 6.97. The molecular weight excluding hydrogens is 310 g/mol. The second kappa shape index (κ2) is 6.02. The summed E-state index contributed by atoms with van der Waals surface area (Å²) in [6.45, 7) is 1.40. The Balaban J connectivity index is 1.90. The molecule has 0 amide bonds. The van der Waals surface area contributed by atoms with Gasteiger partial charge in [0.05, 0.1) is 16.9 Å². The minimum atomic E-state index is -0.0643. The van der Waals surface area contributed by atoms with Crippen LogP contribution in [0.5, 0.6) is 5.75 Å². The number of nitrogens with one attached hydrogen (secondary N) is 1. The number of aromatic nitrogens is 2. The van der Waals surface area contributed by atoms with E-state index >= 15 is 0 Å². The minimum absolute atomic E-state index is 0.0643. The number of para-hydroxylation sites is 2. The second-order valence-electron chi connectivity index (χ2n) is 6.05. The molecule has 1 aliphatic heterocycles. The monoisotopic (exact) mass is 329 g/mol. The molecule has 2 heterocycles. The van der Waals surface area contributed by atoms with Crippen LogP contribution in [0, 0.1) is 0 Å². The lowest BCUT2D eigenvalue weighted by Gasteiger charge is -2.27. The lowest BCUT2D eigenvalue weighted by atomic mass is 10.0. The number of nitrogens with zero attached hydrogens (tertiary/aromatic N) is 2. The van der Waals surface area contributed by atoms with Crippen molar-refractivity contribution in [1.29, 1.82) is 0 Å². The Labute approximate surface area is 138 Å². The number of phenolic OH excluding ortho intramolecular Hbond substituents is 1. The van der Waals surface area contributed by atoms with Gasteiger partial charge in [0, 0.05) is 24.8 Å². The van der Waals surface area contributed by atoms with Gasteiger partial charge < -0.3 is 10.4 Å². The summed E-state index contributed by atoms with van der Waals surface area (Å²) in [5, 5.41) is 14.7. The maximum absolute atomic E-state index is 13.0. The van der Waals surface area contributed by atoms with Crippen LogP contribution >= 0.6 is 11.8 Å². The minimum Gasteiger partial charge on any atom is -0.506 e. The molecule has 0 radical (unpaired) electrons. The maximum Gasteiger partial charge on any atom is 0.263 e. The number of hydrogen-bond acceptors (Lipinski definition) is 5. The molecule has 120 valence electrons. The third-order valence-electron chi connectivity index (χ3n) is 4.52. The SMILES string of the molecule is O=c1c2c(nc(SC3CCC3)n1-c1ccccc1O)CCNC2. The Kier molecular flexibility index (Phi) is 3.87. The standard InChI is InChI=1S/C17H19N3O2S/c21-15-7-2-1-6-14(15)20-16(22)12-10-18-9-8-13(12)19-17(20)23-11-4-3-5-11/h1-2,6-7,11,18,21H,3-5,8-10H2. The molecule has 2 N–H and O–H groups in total. The topological polar surface area (TPSA) is 67.2 Å². The lowest BCUT2D eigenvalue weighted by Crippen LogP contribution is -2.35. The number of benzene rings is 1. The fourth-order valence-corrected chi connectivity index (χ4v) is 4.28. The van der Waals surface area contributed by atoms with Crippen LogP contribution in [0.2, 0.25) is 0 Å². The van der Waals surface area contributed by atoms with Crippen molar-refractivity contribution in [3.8, 4) is 11.4 Å². The summed E-state index contributed by atoms with van der Waals surface area (Å²) in [5.74, 6) is 0.107. The first-order valence-corrected chi connectivity index (χ1v) is 8.92. The van der Waals surface area contributed by atoms with Gasteiger partial charge in [-0.2, -0.15) is 0 Å². The molecule has 0 spiro atoms. The fraction of sp³-hybridized carbons (Fsp3) is 0.412. The Hall–Kier alpha value is -1.79. The summed E-state index contributed by atoms with van der Waals surface area (Å²) in [6.07, 6.45) is 4.36. The van der Waals surface area contributed by atoms with Crippen molar-refractivity contribution in [1.82, 2.24) is 14.9 Å². The smallest absolute Gasteiger partial charge is 0.263 e. The maximum atomic E-state index is 13.0. The summed E-state index contributed by atoms with van der Waals surface area (Å²) in [4.78, 5) is 17.8. The van der Waals surface area contributed by atoms with Gasteiger partial charge in [-0.3, -0.25) is 9.36 Å². The zero-order valence-corrected chi connectivity index (χ0v) is 13.6. The van der Waals surface area contributed by atoms with E-state index in [4.69, 9.17) is 4.98 Å². The molecule has 1 aliphatic carbocycles. The highest BCUT2D eigenvalue weighted by Crippen LogP contribution is 2.37. The average molecular weight is 329 g/mol. The van der Waals surface area contributed by atoms with Crippen molar-refractivity contribution in [3.63, 3.8) is 0 Å². The number of rotatable bonds is 3. The van der Waals surface area contributed by atoms with Crippen molar-refractivity contribution < 1.29 is 5.11 Å². The molecule has 0 bridgehead atoms. The van der Waals surface area contributed by atoms with Gasteiger partial charge in [0.1, 0.15) is 5.75 Å². The van der Waals surface area contributed by atoms with Crippen LogP contribution in [0.4, 0.5) is 0 Å². The summed E-state index contributed by atoms with van der Waals surface area (Å²) in [7, 11) is 0. The molecule has 0 atom stereocenters. The Bertz CT molecular complexity index is 799. The van der Waals surface area contributed by atoms with Gasteiger partial charge in [-0.15, -0.1) is 0 Å². The van der Waals surface area contributed by atoms with Crippen LogP contribution < -0.4 is 10.9 Å². The number of fused-ring (bicyclic) bond motifs is 1. The molecule has 1 fully saturated rings. The molecule has 0 unspecified atom stereocenters. The van der Waals surface area contributed by atoms with Crippen molar-refractivity contribution in [2.24, 2.45) is 0 Å². The average Bonchev–Trinajstić information content (AvgIpc) is 2.52. The van der Waals surface area contributed by atoms with Gasteiger partial charge >= 0.3 is 0 Å². The number of phenols is 1. The van der Waals surface area contributed by atoms with Crippen LogP contribution in [0.25, 0.3) is 5.69 Å². The van der Waals surface area contributed by atoms with Gasteiger partial charge in [0.25, 0.3) is 5.56 Å². The zero-order valence-electron chi connectivity index (χ0n) is 12.8. The molecule has 23 heavy (non-hydrogen) atoms. The van der Waals surface area contributed by atoms with E-state index in [1.54, 1.807) is 34.5 Å². The predicted molar refractivity (Wildman–Crippen MR) is 90.4 cm³/mol. The molecule has 2 aromatic rings. The molecule has 0 saturated heterocycles. The highest BCUT2D eigenvalue weighted by Gasteiger charge is 2.25. The number of hydrogen-bond donors (Lipinski definition) is 2. The number of thioether (sulfide) groups is 1. The third-order valence-corrected chi connectivity index (χ3v) is 5.81. The quantitative estimate of drug-likeness (QED) is 0.845. The van der Waals surface area contributed by atoms with E-state index in [1.165, 1.54) is 19.3 Å². The molecule has 4 rings (SSSR count). The van der Waals surface area contributed by atoms with Crippen molar-refractivity contribution in [3.05, 3.63) is 45.9 Å². The second-order valence-corrected chi connectivity index (χ2v) is 7.31. The van der Waals surface area contributed by atoms with Crippen LogP contribution in [0.15, 0.2) is 34.2 Å². The first-order valence-electron chi connectivity index (χ1n) is 8.04. The predicted octanol–water partition coefficient (Wildman–Crippen LogP) is 2.23. The normalized spacial score (nSPS) is 17.6. The summed E-state index contributed by atoms with van der Waals surface area (Å²) >= 11 is 1.67. The highest BCUT2D eigenvalue weighted by molar-refractivity contribution is 7.99. The first-order chi connectivity index (χ1) is 11.2. The van der Waals surface area contributed by atoms with E-state index < -0.39 is 0 Å². The Morgan fingerprint density at radius 3 is 2.87 bits per heavy atom. The van der Waals surface area contributed by atoms with E-state index in [0.29, 0.717) is 22.6 Å². The molecular formula is C17H19N3O2S. The Morgan fingerprint density at radius 2 is 2.13 bits per heavy atom.